The van der Waals surface area contributed by atoms with Crippen molar-refractivity contribution in [3.63, 3.8) is 0 Å². The number of carbonyl (C=O) groups excluding carboxylic acids is 1. The van der Waals surface area contributed by atoms with E-state index in [2.05, 4.69) is 5.10 Å². The summed E-state index contributed by atoms with van der Waals surface area (Å²) in [4.78, 5) is 25.7. The Balaban J connectivity index is 2.22. The molecule has 1 aromatic heterocycles. The summed E-state index contributed by atoms with van der Waals surface area (Å²) in [5.41, 5.74) is 0.843. The Morgan fingerprint density at radius 3 is 2.70 bits per heavy atom. The van der Waals surface area contributed by atoms with Gasteiger partial charge in [-0.3, -0.25) is 9.59 Å². The van der Waals surface area contributed by atoms with Gasteiger partial charge in [-0.15, -0.1) is 0 Å². The van der Waals surface area contributed by atoms with Crippen molar-refractivity contribution in [2.24, 2.45) is 0 Å². The molecule has 0 fully saturated rings. The molecule has 0 aliphatic heterocycles. The molecular formula is C14H14ClN3O2. The van der Waals surface area contributed by atoms with Crippen LogP contribution >= 0.6 is 11.6 Å². The summed E-state index contributed by atoms with van der Waals surface area (Å²) in [5.74, 6) is -0.209. The summed E-state index contributed by atoms with van der Waals surface area (Å²) >= 11 is 5.84. The average molecular weight is 292 g/mol. The van der Waals surface area contributed by atoms with Crippen LogP contribution in [0.5, 0.6) is 0 Å². The number of ketones is 1. The lowest BCUT2D eigenvalue weighted by atomic mass is 10.1. The van der Waals surface area contributed by atoms with Crippen LogP contribution in [0, 0.1) is 0 Å². The molecule has 0 unspecified atom stereocenters. The van der Waals surface area contributed by atoms with Gasteiger partial charge in [-0.25, -0.2) is 4.68 Å². The number of rotatable bonds is 4. The maximum atomic E-state index is 12.1. The smallest absolute Gasteiger partial charge is 0.269 e. The van der Waals surface area contributed by atoms with Crippen LogP contribution in [-0.4, -0.2) is 29.7 Å². The Labute approximate surface area is 121 Å². The number of Topliss-reactive ketones (excluding diaryl/α,β-unsaturated/α-hetero) is 1. The lowest BCUT2D eigenvalue weighted by Gasteiger charge is -2.12. The summed E-state index contributed by atoms with van der Waals surface area (Å²) in [7, 11) is 3.63. The monoisotopic (exact) mass is 291 g/mol. The van der Waals surface area contributed by atoms with Crippen molar-refractivity contribution in [3.8, 4) is 0 Å². The zero-order valence-corrected chi connectivity index (χ0v) is 12.0. The number of halogens is 1. The van der Waals surface area contributed by atoms with E-state index in [0.717, 1.165) is 4.68 Å². The third-order valence-electron chi connectivity index (χ3n) is 2.81. The van der Waals surface area contributed by atoms with Gasteiger partial charge in [0.15, 0.2) is 5.78 Å². The minimum absolute atomic E-state index is 0.104. The van der Waals surface area contributed by atoms with Gasteiger partial charge < -0.3 is 4.90 Å². The molecule has 104 valence electrons. The largest absolute Gasteiger partial charge is 0.376 e. The van der Waals surface area contributed by atoms with Gasteiger partial charge in [-0.1, -0.05) is 23.7 Å². The molecule has 20 heavy (non-hydrogen) atoms. The molecule has 6 heteroatoms. The summed E-state index contributed by atoms with van der Waals surface area (Å²) in [6, 6.07) is 8.06. The van der Waals surface area contributed by atoms with E-state index in [1.165, 1.54) is 6.07 Å². The zero-order chi connectivity index (χ0) is 14.7. The first-order chi connectivity index (χ1) is 9.47. The highest BCUT2D eigenvalue weighted by molar-refractivity contribution is 6.31. The van der Waals surface area contributed by atoms with E-state index in [4.69, 9.17) is 11.6 Å². The predicted molar refractivity (Wildman–Crippen MR) is 78.6 cm³/mol. The van der Waals surface area contributed by atoms with Crippen LogP contribution in [0.3, 0.4) is 0 Å². The van der Waals surface area contributed by atoms with Gasteiger partial charge in [0.1, 0.15) is 6.54 Å². The number of anilines is 1. The number of aromatic nitrogens is 2. The van der Waals surface area contributed by atoms with E-state index in [0.29, 0.717) is 16.3 Å². The van der Waals surface area contributed by atoms with E-state index in [1.54, 1.807) is 35.4 Å². The van der Waals surface area contributed by atoms with Crippen LogP contribution in [0.15, 0.2) is 41.3 Å². The minimum atomic E-state index is -0.313. The second-order valence-corrected chi connectivity index (χ2v) is 4.97. The van der Waals surface area contributed by atoms with Crippen molar-refractivity contribution in [2.75, 3.05) is 19.0 Å². The number of carbonyl (C=O) groups is 1. The highest BCUT2D eigenvalue weighted by Crippen LogP contribution is 2.11. The Hall–Kier alpha value is -2.14. The molecule has 0 N–H and O–H groups in total. The fourth-order valence-corrected chi connectivity index (χ4v) is 1.87. The first-order valence-electron chi connectivity index (χ1n) is 6.00. The number of benzene rings is 1. The summed E-state index contributed by atoms with van der Waals surface area (Å²) in [6.45, 7) is -0.104. The fraction of sp³-hybridized carbons (Fsp3) is 0.214. The molecule has 0 aliphatic rings. The third-order valence-corrected chi connectivity index (χ3v) is 3.05. The van der Waals surface area contributed by atoms with Gasteiger partial charge >= 0.3 is 0 Å². The van der Waals surface area contributed by atoms with Crippen LogP contribution < -0.4 is 10.5 Å². The molecule has 2 aromatic rings. The average Bonchev–Trinajstić information content (AvgIpc) is 2.40. The molecule has 0 atom stereocenters. The predicted octanol–water partition coefficient (Wildman–Crippen LogP) is 1.85. The second-order valence-electron chi connectivity index (χ2n) is 4.54. The minimum Gasteiger partial charge on any atom is -0.376 e. The van der Waals surface area contributed by atoms with Crippen LogP contribution in [-0.2, 0) is 6.54 Å². The van der Waals surface area contributed by atoms with E-state index < -0.39 is 0 Å². The fourth-order valence-electron chi connectivity index (χ4n) is 1.68. The van der Waals surface area contributed by atoms with Crippen LogP contribution in [0.4, 0.5) is 5.69 Å². The molecule has 0 radical (unpaired) electrons. The van der Waals surface area contributed by atoms with Crippen molar-refractivity contribution in [1.82, 2.24) is 9.78 Å². The standard InChI is InChI=1S/C14H14ClN3O2/c1-17(2)12-7-14(20)18(16-8-12)9-13(19)10-4-3-5-11(15)6-10/h3-8H,9H2,1-2H3. The molecule has 1 heterocycles. The SMILES string of the molecule is CN(C)c1cnn(CC(=O)c2cccc(Cl)c2)c(=O)c1. The van der Waals surface area contributed by atoms with Crippen molar-refractivity contribution in [1.29, 1.82) is 0 Å². The third kappa shape index (κ3) is 3.24. The maximum Gasteiger partial charge on any atom is 0.269 e. The van der Waals surface area contributed by atoms with Crippen molar-refractivity contribution in [3.05, 3.63) is 57.5 Å². The highest BCUT2D eigenvalue weighted by atomic mass is 35.5. The van der Waals surface area contributed by atoms with Crippen LogP contribution in [0.1, 0.15) is 10.4 Å². The first kappa shape index (κ1) is 14.3. The van der Waals surface area contributed by atoms with Gasteiger partial charge in [-0.2, -0.15) is 5.10 Å². The van der Waals surface area contributed by atoms with Crippen molar-refractivity contribution in [2.45, 2.75) is 6.54 Å². The molecule has 0 saturated carbocycles. The topological polar surface area (TPSA) is 55.2 Å². The van der Waals surface area contributed by atoms with Crippen LogP contribution in [0.25, 0.3) is 0 Å². The van der Waals surface area contributed by atoms with E-state index >= 15 is 0 Å². The van der Waals surface area contributed by atoms with Gasteiger partial charge in [0.2, 0.25) is 0 Å². The molecule has 0 bridgehead atoms. The van der Waals surface area contributed by atoms with E-state index in [-0.39, 0.29) is 17.9 Å². The summed E-state index contributed by atoms with van der Waals surface area (Å²) in [6.07, 6.45) is 1.55. The zero-order valence-electron chi connectivity index (χ0n) is 11.2. The van der Waals surface area contributed by atoms with Gasteiger partial charge in [0.05, 0.1) is 11.9 Å². The Kier molecular flexibility index (Phi) is 4.20. The molecule has 2 rings (SSSR count). The summed E-state index contributed by atoms with van der Waals surface area (Å²) in [5, 5.41) is 4.48. The van der Waals surface area contributed by atoms with Gasteiger partial charge in [0, 0.05) is 30.7 Å². The van der Waals surface area contributed by atoms with E-state index in [1.807, 2.05) is 14.1 Å². The van der Waals surface area contributed by atoms with Crippen molar-refractivity contribution < 1.29 is 4.79 Å². The Morgan fingerprint density at radius 1 is 1.35 bits per heavy atom. The van der Waals surface area contributed by atoms with Gasteiger partial charge in [0.25, 0.3) is 5.56 Å². The molecule has 5 nitrogen and oxygen atoms in total. The van der Waals surface area contributed by atoms with Crippen molar-refractivity contribution >= 4 is 23.1 Å². The molecule has 1 aromatic carbocycles. The lowest BCUT2D eigenvalue weighted by molar-refractivity contribution is 0.0965. The van der Waals surface area contributed by atoms with Gasteiger partial charge in [-0.05, 0) is 12.1 Å². The molecule has 0 saturated heterocycles. The maximum absolute atomic E-state index is 12.1. The Bertz CT molecular complexity index is 695. The first-order valence-corrected chi connectivity index (χ1v) is 6.38. The van der Waals surface area contributed by atoms with E-state index in [9.17, 15) is 9.59 Å². The quantitative estimate of drug-likeness (QED) is 0.807. The molecule has 0 spiro atoms. The Morgan fingerprint density at radius 2 is 2.10 bits per heavy atom. The molecular weight excluding hydrogens is 278 g/mol. The molecule has 0 aliphatic carbocycles. The van der Waals surface area contributed by atoms with Crippen LogP contribution in [0.2, 0.25) is 5.02 Å². The highest BCUT2D eigenvalue weighted by Gasteiger charge is 2.10. The number of nitrogens with zero attached hydrogens (tertiary/aromatic N) is 3. The normalized spacial score (nSPS) is 10.3. The number of hydrogen-bond donors (Lipinski definition) is 0. The molecule has 0 amide bonds. The second kappa shape index (κ2) is 5.88. The lowest BCUT2D eigenvalue weighted by Crippen LogP contribution is -2.27. The summed E-state index contributed by atoms with van der Waals surface area (Å²) < 4.78 is 1.14. The number of hydrogen-bond acceptors (Lipinski definition) is 4.